The van der Waals surface area contributed by atoms with Crippen molar-refractivity contribution in [1.82, 2.24) is 0 Å². The zero-order chi connectivity index (χ0) is 21.4. The standard InChI is InChI=1S/C29H32N2/c1-4-6-14-22(3)29(5-2)21-23-15-10-11-18-25(23)31-27-20-13-12-19-26(27)30(28(29)31)24-16-8-7-9-17-24/h7-13,15-20,28H,3-6,14,21H2,1-2H3. The minimum absolute atomic E-state index is 0.0155. The van der Waals surface area contributed by atoms with Crippen LogP contribution in [0.4, 0.5) is 22.7 Å². The molecule has 2 unspecified atom stereocenters. The van der Waals surface area contributed by atoms with Gasteiger partial charge in [-0.15, -0.1) is 0 Å². The van der Waals surface area contributed by atoms with Gasteiger partial charge in [0.1, 0.15) is 6.17 Å². The summed E-state index contributed by atoms with van der Waals surface area (Å²) in [5.74, 6) is 0. The van der Waals surface area contributed by atoms with Crippen LogP contribution in [0.1, 0.15) is 45.1 Å². The number of rotatable bonds is 6. The second-order valence-electron chi connectivity index (χ2n) is 8.96. The van der Waals surface area contributed by atoms with Gasteiger partial charge in [0, 0.05) is 16.8 Å². The second kappa shape index (κ2) is 7.92. The van der Waals surface area contributed by atoms with Crippen molar-refractivity contribution in [2.75, 3.05) is 9.80 Å². The zero-order valence-electron chi connectivity index (χ0n) is 18.7. The Bertz CT molecular complexity index is 1090. The quantitative estimate of drug-likeness (QED) is 0.381. The van der Waals surface area contributed by atoms with Crippen LogP contribution in [0.15, 0.2) is 91.0 Å². The molecule has 0 radical (unpaired) electrons. The molecule has 0 saturated carbocycles. The van der Waals surface area contributed by atoms with Crippen LogP contribution in [-0.4, -0.2) is 6.17 Å². The SMILES string of the molecule is C=C(CCCC)C1(CC)Cc2ccccc2N2c3ccccc3N(c3ccccc3)C21. The number of hydrogen-bond acceptors (Lipinski definition) is 2. The highest BCUT2D eigenvalue weighted by atomic mass is 15.4. The van der Waals surface area contributed by atoms with Crippen molar-refractivity contribution in [3.8, 4) is 0 Å². The third-order valence-electron chi connectivity index (χ3n) is 7.34. The molecule has 2 nitrogen and oxygen atoms in total. The van der Waals surface area contributed by atoms with E-state index in [1.807, 2.05) is 0 Å². The van der Waals surface area contributed by atoms with E-state index in [9.17, 15) is 0 Å². The number of fused-ring (bicyclic) bond motifs is 5. The average molecular weight is 409 g/mol. The van der Waals surface area contributed by atoms with Gasteiger partial charge >= 0.3 is 0 Å². The first-order valence-corrected chi connectivity index (χ1v) is 11.7. The lowest BCUT2D eigenvalue weighted by Crippen LogP contribution is -2.56. The Morgan fingerprint density at radius 2 is 1.45 bits per heavy atom. The summed E-state index contributed by atoms with van der Waals surface area (Å²) in [5.41, 5.74) is 7.99. The van der Waals surface area contributed by atoms with Crippen LogP contribution in [0.2, 0.25) is 0 Å². The van der Waals surface area contributed by atoms with Crippen molar-refractivity contribution in [2.45, 2.75) is 52.1 Å². The highest BCUT2D eigenvalue weighted by Crippen LogP contribution is 2.59. The summed E-state index contributed by atoms with van der Waals surface area (Å²) in [6.07, 6.45) is 5.80. The Morgan fingerprint density at radius 1 is 0.839 bits per heavy atom. The monoisotopic (exact) mass is 408 g/mol. The molecule has 0 amide bonds. The number of hydrogen-bond donors (Lipinski definition) is 0. The van der Waals surface area contributed by atoms with E-state index in [1.54, 1.807) is 0 Å². The third-order valence-corrected chi connectivity index (χ3v) is 7.34. The van der Waals surface area contributed by atoms with Crippen LogP contribution in [0.25, 0.3) is 0 Å². The van der Waals surface area contributed by atoms with Crippen LogP contribution in [0.3, 0.4) is 0 Å². The molecule has 0 aromatic heterocycles. The molecule has 5 rings (SSSR count). The lowest BCUT2D eigenvalue weighted by molar-refractivity contribution is 0.254. The summed E-state index contributed by atoms with van der Waals surface area (Å²) in [4.78, 5) is 5.17. The first kappa shape index (κ1) is 19.9. The number of nitrogens with zero attached hydrogens (tertiary/aromatic N) is 2. The van der Waals surface area contributed by atoms with Gasteiger partial charge in [-0.3, -0.25) is 0 Å². The van der Waals surface area contributed by atoms with E-state index >= 15 is 0 Å². The summed E-state index contributed by atoms with van der Waals surface area (Å²) in [6.45, 7) is 9.36. The molecule has 31 heavy (non-hydrogen) atoms. The maximum absolute atomic E-state index is 4.73. The molecule has 0 spiro atoms. The van der Waals surface area contributed by atoms with Gasteiger partial charge < -0.3 is 9.80 Å². The van der Waals surface area contributed by atoms with Crippen LogP contribution in [0, 0.1) is 5.41 Å². The van der Waals surface area contributed by atoms with Gasteiger partial charge in [0.15, 0.2) is 0 Å². The van der Waals surface area contributed by atoms with Crippen molar-refractivity contribution in [3.63, 3.8) is 0 Å². The fourth-order valence-corrected chi connectivity index (χ4v) is 5.71. The Labute approximate surface area is 186 Å². The molecule has 2 atom stereocenters. The van der Waals surface area contributed by atoms with Gasteiger partial charge in [0.25, 0.3) is 0 Å². The molecule has 2 aliphatic heterocycles. The largest absolute Gasteiger partial charge is 0.317 e. The molecule has 0 fully saturated rings. The predicted octanol–water partition coefficient (Wildman–Crippen LogP) is 8.00. The van der Waals surface area contributed by atoms with Gasteiger partial charge in [-0.1, -0.05) is 81.0 Å². The Balaban J connectivity index is 1.77. The molecule has 0 aliphatic carbocycles. The van der Waals surface area contributed by atoms with Crippen molar-refractivity contribution in [3.05, 3.63) is 96.6 Å². The van der Waals surface area contributed by atoms with Crippen LogP contribution < -0.4 is 9.80 Å². The van der Waals surface area contributed by atoms with Crippen LogP contribution in [-0.2, 0) is 6.42 Å². The second-order valence-corrected chi connectivity index (χ2v) is 8.96. The minimum atomic E-state index is -0.0155. The fraction of sp³-hybridized carbons (Fsp3) is 0.310. The average Bonchev–Trinajstić information content (AvgIpc) is 3.18. The topological polar surface area (TPSA) is 6.48 Å². The molecule has 2 heteroatoms. The first-order valence-electron chi connectivity index (χ1n) is 11.7. The molecule has 0 saturated heterocycles. The Morgan fingerprint density at radius 3 is 2.13 bits per heavy atom. The summed E-state index contributed by atoms with van der Waals surface area (Å²) in [7, 11) is 0. The zero-order valence-corrected chi connectivity index (χ0v) is 18.7. The number of benzene rings is 3. The van der Waals surface area contributed by atoms with Crippen molar-refractivity contribution in [1.29, 1.82) is 0 Å². The number of anilines is 4. The van der Waals surface area contributed by atoms with E-state index in [0.29, 0.717) is 0 Å². The van der Waals surface area contributed by atoms with E-state index in [0.717, 1.165) is 19.3 Å². The predicted molar refractivity (Wildman–Crippen MR) is 132 cm³/mol. The molecule has 0 bridgehead atoms. The summed E-state index contributed by atoms with van der Waals surface area (Å²) >= 11 is 0. The maximum atomic E-state index is 4.73. The summed E-state index contributed by atoms with van der Waals surface area (Å²) < 4.78 is 0. The van der Waals surface area contributed by atoms with Gasteiger partial charge in [-0.25, -0.2) is 0 Å². The van der Waals surface area contributed by atoms with Gasteiger partial charge in [-0.2, -0.15) is 0 Å². The maximum Gasteiger partial charge on any atom is 0.121 e. The first-order chi connectivity index (χ1) is 15.2. The van der Waals surface area contributed by atoms with E-state index in [1.165, 1.54) is 46.7 Å². The van der Waals surface area contributed by atoms with E-state index < -0.39 is 0 Å². The normalized spacial score (nSPS) is 21.4. The third kappa shape index (κ3) is 3.00. The van der Waals surface area contributed by atoms with Crippen LogP contribution in [0.5, 0.6) is 0 Å². The van der Waals surface area contributed by atoms with E-state index in [-0.39, 0.29) is 11.6 Å². The van der Waals surface area contributed by atoms with E-state index in [2.05, 4.69) is 103 Å². The van der Waals surface area contributed by atoms with Gasteiger partial charge in [0.2, 0.25) is 0 Å². The Hall–Kier alpha value is -3.00. The van der Waals surface area contributed by atoms with E-state index in [4.69, 9.17) is 6.58 Å². The number of para-hydroxylation sites is 4. The van der Waals surface area contributed by atoms with Crippen LogP contribution >= 0.6 is 0 Å². The fourth-order valence-electron chi connectivity index (χ4n) is 5.71. The molecule has 2 heterocycles. The lowest BCUT2D eigenvalue weighted by Gasteiger charge is -2.52. The summed E-state index contributed by atoms with van der Waals surface area (Å²) in [5, 5.41) is 0. The molecule has 3 aromatic rings. The van der Waals surface area contributed by atoms with Gasteiger partial charge in [-0.05, 0) is 61.6 Å². The molecular weight excluding hydrogens is 376 g/mol. The Kier molecular flexibility index (Phi) is 5.09. The molecule has 3 aromatic carbocycles. The molecule has 0 N–H and O–H groups in total. The van der Waals surface area contributed by atoms with Crippen molar-refractivity contribution in [2.24, 2.45) is 5.41 Å². The molecule has 158 valence electrons. The number of unbranched alkanes of at least 4 members (excludes halogenated alkanes) is 1. The van der Waals surface area contributed by atoms with Crippen molar-refractivity contribution < 1.29 is 0 Å². The van der Waals surface area contributed by atoms with Gasteiger partial charge in [0.05, 0.1) is 11.4 Å². The molecular formula is C29H32N2. The highest BCUT2D eigenvalue weighted by Gasteiger charge is 2.54. The lowest BCUT2D eigenvalue weighted by atomic mass is 9.66. The summed E-state index contributed by atoms with van der Waals surface area (Å²) in [6, 6.07) is 28.8. The smallest absolute Gasteiger partial charge is 0.121 e. The minimum Gasteiger partial charge on any atom is -0.317 e. The highest BCUT2D eigenvalue weighted by molar-refractivity contribution is 5.90. The molecule has 2 aliphatic rings. The van der Waals surface area contributed by atoms with Crippen molar-refractivity contribution >= 4 is 22.7 Å².